The highest BCUT2D eigenvalue weighted by Crippen LogP contribution is 2.27. The third kappa shape index (κ3) is 3.77. The summed E-state index contributed by atoms with van der Waals surface area (Å²) >= 11 is 0. The van der Waals surface area contributed by atoms with E-state index in [9.17, 15) is 4.79 Å². The smallest absolute Gasteiger partial charge is 0.319 e. The third-order valence-corrected chi connectivity index (χ3v) is 2.59. The molecule has 17 heavy (non-hydrogen) atoms. The second-order valence-electron chi connectivity index (χ2n) is 4.95. The maximum absolute atomic E-state index is 11.7. The highest BCUT2D eigenvalue weighted by Gasteiger charge is 2.11. The average molecular weight is 234 g/mol. The summed E-state index contributed by atoms with van der Waals surface area (Å²) in [6, 6.07) is 6.09. The quantitative estimate of drug-likeness (QED) is 0.823. The minimum Gasteiger partial charge on any atom is -0.336 e. The molecule has 0 aliphatic rings. The monoisotopic (exact) mass is 234 g/mol. The van der Waals surface area contributed by atoms with Gasteiger partial charge in [-0.25, -0.2) is 4.79 Å². The lowest BCUT2D eigenvalue weighted by molar-refractivity contribution is 0.250. The van der Waals surface area contributed by atoms with E-state index in [2.05, 4.69) is 30.5 Å². The second kappa shape index (κ2) is 5.71. The molecule has 3 nitrogen and oxygen atoms in total. The predicted octanol–water partition coefficient (Wildman–Crippen LogP) is 3.65. The SMILES string of the molecule is Cc1cccc(C(C)C)c1NC(=O)NC(C)C. The first-order valence-electron chi connectivity index (χ1n) is 6.08. The summed E-state index contributed by atoms with van der Waals surface area (Å²) in [5.74, 6) is 0.393. The van der Waals surface area contributed by atoms with Gasteiger partial charge in [0.15, 0.2) is 0 Å². The van der Waals surface area contributed by atoms with Crippen molar-refractivity contribution in [2.75, 3.05) is 5.32 Å². The van der Waals surface area contributed by atoms with Crippen molar-refractivity contribution >= 4 is 11.7 Å². The molecule has 0 unspecified atom stereocenters. The number of hydrogen-bond donors (Lipinski definition) is 2. The Labute approximate surface area is 104 Å². The van der Waals surface area contributed by atoms with Crippen molar-refractivity contribution in [3.8, 4) is 0 Å². The fraction of sp³-hybridized carbons (Fsp3) is 0.500. The van der Waals surface area contributed by atoms with Gasteiger partial charge in [0.05, 0.1) is 0 Å². The van der Waals surface area contributed by atoms with Gasteiger partial charge in [0.1, 0.15) is 0 Å². The van der Waals surface area contributed by atoms with Crippen molar-refractivity contribution in [3.05, 3.63) is 29.3 Å². The Kier molecular flexibility index (Phi) is 4.55. The number of anilines is 1. The van der Waals surface area contributed by atoms with Crippen LogP contribution in [0.4, 0.5) is 10.5 Å². The van der Waals surface area contributed by atoms with Crippen LogP contribution in [0.5, 0.6) is 0 Å². The van der Waals surface area contributed by atoms with Crippen molar-refractivity contribution in [1.82, 2.24) is 5.32 Å². The highest BCUT2D eigenvalue weighted by molar-refractivity contribution is 5.91. The molecule has 94 valence electrons. The third-order valence-electron chi connectivity index (χ3n) is 2.59. The molecule has 2 N–H and O–H groups in total. The van der Waals surface area contributed by atoms with Crippen molar-refractivity contribution in [1.29, 1.82) is 0 Å². The Balaban J connectivity index is 2.93. The van der Waals surface area contributed by atoms with Crippen LogP contribution in [0.3, 0.4) is 0 Å². The molecule has 0 aliphatic heterocycles. The molecule has 0 fully saturated rings. The molecule has 1 rings (SSSR count). The van der Waals surface area contributed by atoms with E-state index in [0.29, 0.717) is 5.92 Å². The first-order chi connectivity index (χ1) is 7.91. The van der Waals surface area contributed by atoms with Gasteiger partial charge >= 0.3 is 6.03 Å². The molecule has 2 amide bonds. The van der Waals surface area contributed by atoms with E-state index >= 15 is 0 Å². The van der Waals surface area contributed by atoms with Gasteiger partial charge in [-0.3, -0.25) is 0 Å². The number of carbonyl (C=O) groups is 1. The molecular formula is C14H22N2O. The number of nitrogens with one attached hydrogen (secondary N) is 2. The minimum absolute atomic E-state index is 0.140. The van der Waals surface area contributed by atoms with E-state index in [1.807, 2.05) is 32.9 Å². The van der Waals surface area contributed by atoms with E-state index < -0.39 is 0 Å². The molecule has 0 radical (unpaired) electrons. The molecule has 0 saturated carbocycles. The highest BCUT2D eigenvalue weighted by atomic mass is 16.2. The molecule has 0 aliphatic carbocycles. The van der Waals surface area contributed by atoms with Crippen LogP contribution in [0.15, 0.2) is 18.2 Å². The number of hydrogen-bond acceptors (Lipinski definition) is 1. The van der Waals surface area contributed by atoms with Crippen molar-refractivity contribution in [3.63, 3.8) is 0 Å². The van der Waals surface area contributed by atoms with Gasteiger partial charge in [-0.1, -0.05) is 32.0 Å². The van der Waals surface area contributed by atoms with Crippen LogP contribution in [0.2, 0.25) is 0 Å². The number of aryl methyl sites for hydroxylation is 1. The molecular weight excluding hydrogens is 212 g/mol. The topological polar surface area (TPSA) is 41.1 Å². The maximum Gasteiger partial charge on any atom is 0.319 e. The number of rotatable bonds is 3. The van der Waals surface area contributed by atoms with E-state index in [-0.39, 0.29) is 12.1 Å². The molecule has 0 heterocycles. The first-order valence-corrected chi connectivity index (χ1v) is 6.08. The van der Waals surface area contributed by atoms with Crippen LogP contribution in [0.1, 0.15) is 44.7 Å². The zero-order valence-corrected chi connectivity index (χ0v) is 11.3. The molecule has 0 atom stereocenters. The number of amides is 2. The molecule has 0 aromatic heterocycles. The summed E-state index contributed by atoms with van der Waals surface area (Å²) in [7, 11) is 0. The zero-order valence-electron chi connectivity index (χ0n) is 11.3. The summed E-state index contributed by atoms with van der Waals surface area (Å²) in [5.41, 5.74) is 3.19. The number of carbonyl (C=O) groups excluding carboxylic acids is 1. The summed E-state index contributed by atoms with van der Waals surface area (Å²) in [4.78, 5) is 11.7. The van der Waals surface area contributed by atoms with Gasteiger partial charge < -0.3 is 10.6 Å². The summed E-state index contributed by atoms with van der Waals surface area (Å²) in [6.45, 7) is 10.2. The Morgan fingerprint density at radius 1 is 1.18 bits per heavy atom. The lowest BCUT2D eigenvalue weighted by Gasteiger charge is -2.17. The van der Waals surface area contributed by atoms with E-state index in [1.54, 1.807) is 0 Å². The van der Waals surface area contributed by atoms with Crippen LogP contribution in [-0.4, -0.2) is 12.1 Å². The van der Waals surface area contributed by atoms with Gasteiger partial charge in [-0.15, -0.1) is 0 Å². The van der Waals surface area contributed by atoms with Crippen LogP contribution in [-0.2, 0) is 0 Å². The van der Waals surface area contributed by atoms with E-state index in [4.69, 9.17) is 0 Å². The predicted molar refractivity (Wildman–Crippen MR) is 72.6 cm³/mol. The summed E-state index contributed by atoms with van der Waals surface area (Å²) in [5, 5.41) is 5.78. The fourth-order valence-electron chi connectivity index (χ4n) is 1.75. The Hall–Kier alpha value is -1.51. The van der Waals surface area contributed by atoms with Crippen molar-refractivity contribution < 1.29 is 4.79 Å². The number of urea groups is 1. The number of benzene rings is 1. The number of para-hydroxylation sites is 1. The van der Waals surface area contributed by atoms with Gasteiger partial charge in [-0.2, -0.15) is 0 Å². The molecule has 1 aromatic rings. The first kappa shape index (κ1) is 13.6. The maximum atomic E-state index is 11.7. The normalized spacial score (nSPS) is 10.8. The molecule has 0 spiro atoms. The van der Waals surface area contributed by atoms with Crippen LogP contribution < -0.4 is 10.6 Å². The summed E-state index contributed by atoms with van der Waals surface area (Å²) < 4.78 is 0. The standard InChI is InChI=1S/C14H22N2O/c1-9(2)12-8-6-7-11(5)13(12)16-14(17)15-10(3)4/h6-10H,1-5H3,(H2,15,16,17). The Bertz CT molecular complexity index is 397. The lowest BCUT2D eigenvalue weighted by atomic mass is 9.98. The van der Waals surface area contributed by atoms with Crippen molar-refractivity contribution in [2.45, 2.75) is 46.6 Å². The fourth-order valence-corrected chi connectivity index (χ4v) is 1.75. The lowest BCUT2D eigenvalue weighted by Crippen LogP contribution is -2.34. The molecule has 0 saturated heterocycles. The van der Waals surface area contributed by atoms with Crippen molar-refractivity contribution in [2.24, 2.45) is 0 Å². The zero-order chi connectivity index (χ0) is 13.0. The molecule has 1 aromatic carbocycles. The van der Waals surface area contributed by atoms with E-state index in [1.165, 1.54) is 5.56 Å². The van der Waals surface area contributed by atoms with Gasteiger partial charge in [-0.05, 0) is 37.8 Å². The Morgan fingerprint density at radius 3 is 2.35 bits per heavy atom. The second-order valence-corrected chi connectivity index (χ2v) is 4.95. The van der Waals surface area contributed by atoms with E-state index in [0.717, 1.165) is 11.3 Å². The van der Waals surface area contributed by atoms with Gasteiger partial charge in [0.25, 0.3) is 0 Å². The van der Waals surface area contributed by atoms with Crippen LogP contribution in [0.25, 0.3) is 0 Å². The summed E-state index contributed by atoms with van der Waals surface area (Å²) in [6.07, 6.45) is 0. The van der Waals surface area contributed by atoms with Gasteiger partial charge in [0.2, 0.25) is 0 Å². The minimum atomic E-state index is -0.142. The average Bonchev–Trinajstić information content (AvgIpc) is 2.19. The molecule has 0 bridgehead atoms. The Morgan fingerprint density at radius 2 is 1.82 bits per heavy atom. The largest absolute Gasteiger partial charge is 0.336 e. The van der Waals surface area contributed by atoms with Gasteiger partial charge in [0, 0.05) is 11.7 Å². The van der Waals surface area contributed by atoms with Crippen LogP contribution in [0, 0.1) is 6.92 Å². The van der Waals surface area contributed by atoms with Crippen LogP contribution >= 0.6 is 0 Å². The molecule has 3 heteroatoms.